The maximum Gasteiger partial charge on any atom is 2.00 e. The van der Waals surface area contributed by atoms with E-state index in [1.807, 2.05) is 18.2 Å². The van der Waals surface area contributed by atoms with Gasteiger partial charge in [0.1, 0.15) is 0 Å². The van der Waals surface area contributed by atoms with Crippen LogP contribution in [-0.2, 0) is 17.1 Å². The molecular weight excluding hydrogens is 314 g/mol. The molecule has 2 rings (SSSR count). The maximum absolute atomic E-state index is 4.70. The van der Waals surface area contributed by atoms with E-state index in [1.165, 1.54) is 0 Å². The standard InChI is InChI=1S/C15H23N5.Cu/c1-12-14-4-3-5-15(20-14)13(2)19-11-9-17-7-6-16-8-10-18-12;/h3-5,12-13H,6-11H2,1-2H3;/q-4;+2. The minimum absolute atomic E-state index is 0. The Bertz CT molecular complexity index is 368. The molecule has 121 valence electrons. The summed E-state index contributed by atoms with van der Waals surface area (Å²) in [6, 6.07) is 6.35. The van der Waals surface area contributed by atoms with Crippen molar-refractivity contribution in [2.45, 2.75) is 25.9 Å². The number of aromatic nitrogens is 1. The molecule has 1 aliphatic rings. The van der Waals surface area contributed by atoms with E-state index < -0.39 is 0 Å². The largest absolute Gasteiger partial charge is 2.00 e. The fourth-order valence-corrected chi connectivity index (χ4v) is 2.13. The fourth-order valence-electron chi connectivity index (χ4n) is 2.13. The van der Waals surface area contributed by atoms with Crippen LogP contribution in [0.15, 0.2) is 18.2 Å². The summed E-state index contributed by atoms with van der Waals surface area (Å²) >= 11 is 0. The Morgan fingerprint density at radius 1 is 0.810 bits per heavy atom. The molecule has 1 aromatic rings. The van der Waals surface area contributed by atoms with Gasteiger partial charge in [-0.15, -0.1) is 0 Å². The van der Waals surface area contributed by atoms with Crippen molar-refractivity contribution in [3.05, 3.63) is 50.9 Å². The Morgan fingerprint density at radius 3 is 1.71 bits per heavy atom. The van der Waals surface area contributed by atoms with Crippen LogP contribution in [0.4, 0.5) is 0 Å². The molecule has 1 radical (unpaired) electrons. The molecule has 2 heterocycles. The number of pyridine rings is 1. The molecule has 1 aromatic heterocycles. The predicted molar refractivity (Wildman–Crippen MR) is 83.7 cm³/mol. The second-order valence-corrected chi connectivity index (χ2v) is 4.99. The second-order valence-electron chi connectivity index (χ2n) is 4.99. The first kappa shape index (κ1) is 18.6. The summed E-state index contributed by atoms with van der Waals surface area (Å²) in [6.45, 7) is 8.83. The molecular formula is C15H23CuN5-2. The Labute approximate surface area is 138 Å². The van der Waals surface area contributed by atoms with Crippen LogP contribution in [0.5, 0.6) is 0 Å². The molecule has 0 spiro atoms. The quantitative estimate of drug-likeness (QED) is 0.666. The normalized spacial score (nSPS) is 25.2. The van der Waals surface area contributed by atoms with E-state index in [9.17, 15) is 0 Å². The summed E-state index contributed by atoms with van der Waals surface area (Å²) < 4.78 is 0. The molecule has 21 heavy (non-hydrogen) atoms. The van der Waals surface area contributed by atoms with Crippen LogP contribution >= 0.6 is 0 Å². The number of hydrogen-bond donors (Lipinski definition) is 0. The van der Waals surface area contributed by atoms with Gasteiger partial charge in [0.05, 0.1) is 0 Å². The van der Waals surface area contributed by atoms with Gasteiger partial charge in [0.15, 0.2) is 0 Å². The van der Waals surface area contributed by atoms with E-state index in [4.69, 9.17) is 4.98 Å². The van der Waals surface area contributed by atoms with Gasteiger partial charge < -0.3 is 21.3 Å². The first-order valence-electron chi connectivity index (χ1n) is 7.34. The predicted octanol–water partition coefficient (Wildman–Crippen LogP) is 3.71. The Hall–Kier alpha value is -0.491. The van der Waals surface area contributed by atoms with Gasteiger partial charge in [0.2, 0.25) is 0 Å². The van der Waals surface area contributed by atoms with Gasteiger partial charge in [-0.2, -0.15) is 39.3 Å². The van der Waals surface area contributed by atoms with Gasteiger partial charge in [0, 0.05) is 11.4 Å². The summed E-state index contributed by atoms with van der Waals surface area (Å²) in [5.74, 6) is 0. The molecule has 0 aliphatic carbocycles. The zero-order chi connectivity index (χ0) is 14.2. The minimum Gasteiger partial charge on any atom is -0.665 e. The maximum atomic E-state index is 4.70. The smallest absolute Gasteiger partial charge is 0.665 e. The summed E-state index contributed by atoms with van der Waals surface area (Å²) in [7, 11) is 0. The van der Waals surface area contributed by atoms with Crippen molar-refractivity contribution in [3.8, 4) is 0 Å². The Morgan fingerprint density at radius 2 is 1.24 bits per heavy atom. The van der Waals surface area contributed by atoms with Crippen molar-refractivity contribution in [2.24, 2.45) is 0 Å². The molecule has 0 saturated carbocycles. The molecule has 6 heteroatoms. The molecule has 0 amide bonds. The van der Waals surface area contributed by atoms with Crippen molar-refractivity contribution in [1.82, 2.24) is 4.98 Å². The molecule has 1 aliphatic heterocycles. The average molecular weight is 337 g/mol. The zero-order valence-electron chi connectivity index (χ0n) is 12.7. The zero-order valence-corrected chi connectivity index (χ0v) is 13.6. The van der Waals surface area contributed by atoms with Crippen LogP contribution in [0.1, 0.15) is 37.3 Å². The third-order valence-corrected chi connectivity index (χ3v) is 3.39. The molecule has 0 saturated heterocycles. The van der Waals surface area contributed by atoms with Gasteiger partial charge >= 0.3 is 17.1 Å². The molecule has 0 aromatic carbocycles. The molecule has 2 atom stereocenters. The third-order valence-electron chi connectivity index (χ3n) is 3.39. The van der Waals surface area contributed by atoms with Crippen LogP contribution < -0.4 is 0 Å². The molecule has 2 unspecified atom stereocenters. The fraction of sp³-hybridized carbons (Fsp3) is 0.667. The first-order chi connectivity index (χ1) is 9.77. The van der Waals surface area contributed by atoms with Crippen LogP contribution in [0.2, 0.25) is 0 Å². The van der Waals surface area contributed by atoms with E-state index in [1.54, 1.807) is 0 Å². The SMILES string of the molecule is CC1[N-]CC[N-]CC[N-]CC[N-]C(C)c2cccc1n2.[Cu+2]. The van der Waals surface area contributed by atoms with Crippen molar-refractivity contribution < 1.29 is 17.1 Å². The van der Waals surface area contributed by atoms with E-state index >= 15 is 0 Å². The van der Waals surface area contributed by atoms with Gasteiger partial charge in [-0.05, 0) is 12.1 Å². The van der Waals surface area contributed by atoms with Crippen LogP contribution in [0.25, 0.3) is 21.3 Å². The van der Waals surface area contributed by atoms with Crippen molar-refractivity contribution >= 4 is 0 Å². The second kappa shape index (κ2) is 10.3. The van der Waals surface area contributed by atoms with Crippen molar-refractivity contribution in [3.63, 3.8) is 0 Å². The van der Waals surface area contributed by atoms with Crippen LogP contribution in [0.3, 0.4) is 0 Å². The number of hydrogen-bond acceptors (Lipinski definition) is 1. The Kier molecular flexibility index (Phi) is 9.08. The topological polar surface area (TPSA) is 69.3 Å². The van der Waals surface area contributed by atoms with E-state index in [-0.39, 0.29) is 29.2 Å². The Balaban J connectivity index is 0.00000220. The number of rotatable bonds is 0. The summed E-state index contributed by atoms with van der Waals surface area (Å²) in [5, 5.41) is 18.1. The van der Waals surface area contributed by atoms with E-state index in [2.05, 4.69) is 35.1 Å². The summed E-state index contributed by atoms with van der Waals surface area (Å²) in [5.41, 5.74) is 2.04. The molecule has 0 fully saturated rings. The third kappa shape index (κ3) is 6.43. The number of fused-ring (bicyclic) bond motifs is 2. The van der Waals surface area contributed by atoms with Crippen molar-refractivity contribution in [1.29, 1.82) is 0 Å². The van der Waals surface area contributed by atoms with Gasteiger partial charge in [0.25, 0.3) is 0 Å². The van der Waals surface area contributed by atoms with E-state index in [0.717, 1.165) is 50.7 Å². The average Bonchev–Trinajstić information content (AvgIpc) is 2.48. The summed E-state index contributed by atoms with van der Waals surface area (Å²) in [4.78, 5) is 4.70. The van der Waals surface area contributed by atoms with Crippen LogP contribution in [-0.4, -0.2) is 44.3 Å². The van der Waals surface area contributed by atoms with Gasteiger partial charge in [-0.1, -0.05) is 32.0 Å². The summed E-state index contributed by atoms with van der Waals surface area (Å²) in [6.07, 6.45) is 0. The molecule has 0 N–H and O–H groups in total. The number of nitrogens with zero attached hydrogens (tertiary/aromatic N) is 5. The molecule has 5 nitrogen and oxygen atoms in total. The molecule has 2 bridgehead atoms. The monoisotopic (exact) mass is 336 g/mol. The minimum atomic E-state index is 0. The van der Waals surface area contributed by atoms with E-state index in [0.29, 0.717) is 0 Å². The van der Waals surface area contributed by atoms with Crippen molar-refractivity contribution in [2.75, 3.05) is 39.3 Å². The van der Waals surface area contributed by atoms with Gasteiger partial charge in [-0.3, -0.25) is 4.98 Å². The first-order valence-corrected chi connectivity index (χ1v) is 7.34. The van der Waals surface area contributed by atoms with Gasteiger partial charge in [-0.25, -0.2) is 0 Å². The van der Waals surface area contributed by atoms with Crippen LogP contribution in [0, 0.1) is 0 Å².